The summed E-state index contributed by atoms with van der Waals surface area (Å²) in [6, 6.07) is 0. The van der Waals surface area contributed by atoms with Crippen molar-refractivity contribution in [3.05, 3.63) is 0 Å². The van der Waals surface area contributed by atoms with Crippen molar-refractivity contribution in [2.75, 3.05) is 19.8 Å². The Balaban J connectivity index is 3.79. The maximum absolute atomic E-state index is 5.43. The molecule has 0 bridgehead atoms. The second kappa shape index (κ2) is 6.20. The molecule has 0 saturated heterocycles. The van der Waals surface area contributed by atoms with Gasteiger partial charge in [-0.3, -0.25) is 0 Å². The summed E-state index contributed by atoms with van der Waals surface area (Å²) in [6.07, 6.45) is 0. The SMILES string of the molecule is CCO[Si]([AsH2])(OCC)OCC. The van der Waals surface area contributed by atoms with Gasteiger partial charge in [0.25, 0.3) is 0 Å². The quantitative estimate of drug-likeness (QED) is 0.619. The predicted octanol–water partition coefficient (Wildman–Crippen LogP) is 0.165. The molecule has 0 aromatic rings. The summed E-state index contributed by atoms with van der Waals surface area (Å²) in [5, 5.41) is 0. The van der Waals surface area contributed by atoms with Crippen LogP contribution >= 0.6 is 0 Å². The molecule has 0 aliphatic rings. The van der Waals surface area contributed by atoms with Gasteiger partial charge in [-0.15, -0.1) is 0 Å². The van der Waals surface area contributed by atoms with Gasteiger partial charge in [-0.2, -0.15) is 0 Å². The molecule has 5 heteroatoms. The van der Waals surface area contributed by atoms with Crippen LogP contribution in [0.25, 0.3) is 0 Å². The van der Waals surface area contributed by atoms with E-state index in [9.17, 15) is 0 Å². The number of rotatable bonds is 6. The van der Waals surface area contributed by atoms with Crippen LogP contribution in [0.5, 0.6) is 0 Å². The summed E-state index contributed by atoms with van der Waals surface area (Å²) in [5.41, 5.74) is 0. The molecular formula is C6H17AsO3Si. The standard InChI is InChI=1S/C6H17AsO3Si/c1-4-8-11(7,9-5-2)10-6-3/h4-7H2,1-3H3. The summed E-state index contributed by atoms with van der Waals surface area (Å²) in [6.45, 7) is 7.89. The van der Waals surface area contributed by atoms with Gasteiger partial charge in [-0.1, -0.05) is 0 Å². The average molecular weight is 240 g/mol. The molecule has 0 aromatic carbocycles. The van der Waals surface area contributed by atoms with Crippen LogP contribution in [0.15, 0.2) is 0 Å². The molecule has 68 valence electrons. The minimum absolute atomic E-state index is 0.671. The van der Waals surface area contributed by atoms with E-state index in [1.807, 2.05) is 20.8 Å². The number of hydrogen-bond donors (Lipinski definition) is 0. The van der Waals surface area contributed by atoms with Gasteiger partial charge in [-0.05, 0) is 0 Å². The van der Waals surface area contributed by atoms with Crippen molar-refractivity contribution in [1.29, 1.82) is 0 Å². The first kappa shape index (κ1) is 11.7. The van der Waals surface area contributed by atoms with E-state index in [1.54, 1.807) is 0 Å². The van der Waals surface area contributed by atoms with Crippen molar-refractivity contribution in [2.24, 2.45) is 0 Å². The fourth-order valence-electron chi connectivity index (χ4n) is 0.729. The monoisotopic (exact) mass is 240 g/mol. The van der Waals surface area contributed by atoms with Crippen molar-refractivity contribution in [2.45, 2.75) is 20.8 Å². The zero-order chi connectivity index (χ0) is 8.74. The molecule has 0 saturated carbocycles. The first-order chi connectivity index (χ1) is 5.18. The normalized spacial score (nSPS) is 12.0. The summed E-state index contributed by atoms with van der Waals surface area (Å²) < 4.78 is 16.3. The van der Waals surface area contributed by atoms with E-state index in [0.717, 1.165) is 0 Å². The molecule has 0 radical (unpaired) electrons. The summed E-state index contributed by atoms with van der Waals surface area (Å²) in [4.78, 5) is 0. The van der Waals surface area contributed by atoms with E-state index in [1.165, 1.54) is 16.2 Å². The van der Waals surface area contributed by atoms with Crippen molar-refractivity contribution in [3.63, 3.8) is 0 Å². The van der Waals surface area contributed by atoms with Crippen LogP contribution in [-0.4, -0.2) is 43.3 Å². The molecule has 0 rings (SSSR count). The first-order valence-corrected chi connectivity index (χ1v) is 9.32. The molecule has 11 heavy (non-hydrogen) atoms. The van der Waals surface area contributed by atoms with Gasteiger partial charge in [-0.25, -0.2) is 0 Å². The summed E-state index contributed by atoms with van der Waals surface area (Å²) >= 11 is 1.45. The Morgan fingerprint density at radius 1 is 0.909 bits per heavy atom. The molecule has 0 fully saturated rings. The third-order valence-corrected chi connectivity index (χ3v) is 6.26. The summed E-state index contributed by atoms with van der Waals surface area (Å²) in [5.74, 6) is 0. The van der Waals surface area contributed by atoms with Crippen LogP contribution in [0.2, 0.25) is 0 Å². The Kier molecular flexibility index (Phi) is 6.57. The number of hydrogen-bond acceptors (Lipinski definition) is 3. The fraction of sp³-hybridized carbons (Fsp3) is 1.00. The Hall–Kier alpha value is 0.655. The van der Waals surface area contributed by atoms with Crippen LogP contribution in [0.3, 0.4) is 0 Å². The van der Waals surface area contributed by atoms with Crippen LogP contribution in [0, 0.1) is 0 Å². The van der Waals surface area contributed by atoms with Gasteiger partial charge in [0.1, 0.15) is 0 Å². The van der Waals surface area contributed by atoms with Crippen molar-refractivity contribution in [3.8, 4) is 0 Å². The third-order valence-electron chi connectivity index (χ3n) is 1.04. The second-order valence-electron chi connectivity index (χ2n) is 1.90. The van der Waals surface area contributed by atoms with E-state index in [0.29, 0.717) is 19.8 Å². The molecule has 0 aliphatic heterocycles. The van der Waals surface area contributed by atoms with Crippen LogP contribution in [-0.2, 0) is 13.3 Å². The molecule has 0 aromatic heterocycles. The molecule has 1 unspecified atom stereocenters. The zero-order valence-electron chi connectivity index (χ0n) is 7.42. The Morgan fingerprint density at radius 3 is 1.36 bits per heavy atom. The van der Waals surface area contributed by atoms with E-state index < -0.39 is 7.27 Å². The Morgan fingerprint density at radius 2 is 1.18 bits per heavy atom. The molecule has 0 aliphatic carbocycles. The zero-order valence-corrected chi connectivity index (χ0v) is 10.8. The molecule has 1 atom stereocenters. The van der Waals surface area contributed by atoms with Gasteiger partial charge in [0.2, 0.25) is 0 Å². The van der Waals surface area contributed by atoms with E-state index >= 15 is 0 Å². The van der Waals surface area contributed by atoms with Crippen LogP contribution < -0.4 is 0 Å². The van der Waals surface area contributed by atoms with Crippen LogP contribution in [0.4, 0.5) is 0 Å². The molecule has 0 heterocycles. The van der Waals surface area contributed by atoms with E-state index in [-0.39, 0.29) is 0 Å². The molecule has 0 amide bonds. The average Bonchev–Trinajstić information content (AvgIpc) is 1.88. The van der Waals surface area contributed by atoms with Crippen molar-refractivity contribution in [1.82, 2.24) is 0 Å². The van der Waals surface area contributed by atoms with E-state index in [2.05, 4.69) is 0 Å². The van der Waals surface area contributed by atoms with Gasteiger partial charge in [0.15, 0.2) is 0 Å². The van der Waals surface area contributed by atoms with Gasteiger partial charge in [0, 0.05) is 0 Å². The Bertz CT molecular complexity index is 84.8. The third kappa shape index (κ3) is 4.98. The summed E-state index contributed by atoms with van der Waals surface area (Å²) in [7, 11) is -2.19. The molecule has 3 nitrogen and oxygen atoms in total. The predicted molar refractivity (Wildman–Crippen MR) is 49.2 cm³/mol. The fourth-order valence-corrected chi connectivity index (χ4v) is 5.33. The molecular weight excluding hydrogens is 223 g/mol. The van der Waals surface area contributed by atoms with E-state index in [4.69, 9.17) is 13.3 Å². The topological polar surface area (TPSA) is 27.7 Å². The van der Waals surface area contributed by atoms with Gasteiger partial charge < -0.3 is 0 Å². The first-order valence-electron chi connectivity index (χ1n) is 3.89. The van der Waals surface area contributed by atoms with Gasteiger partial charge >= 0.3 is 77.3 Å². The molecule has 0 spiro atoms. The Labute approximate surface area is 77.7 Å². The second-order valence-corrected chi connectivity index (χ2v) is 8.43. The van der Waals surface area contributed by atoms with Crippen LogP contribution in [0.1, 0.15) is 20.8 Å². The van der Waals surface area contributed by atoms with Crippen molar-refractivity contribution >= 4 is 23.5 Å². The maximum atomic E-state index is 5.43. The van der Waals surface area contributed by atoms with Gasteiger partial charge in [0.05, 0.1) is 0 Å². The molecule has 0 N–H and O–H groups in total. The van der Waals surface area contributed by atoms with Crippen molar-refractivity contribution < 1.29 is 13.3 Å². The minimum atomic E-state index is -2.19.